The molecule has 2 aromatic heterocycles. The maximum Gasteiger partial charge on any atom is 0.322 e. The molecule has 1 aliphatic rings. The van der Waals surface area contributed by atoms with Crippen molar-refractivity contribution in [1.29, 1.82) is 0 Å². The molecule has 22 heavy (non-hydrogen) atoms. The van der Waals surface area contributed by atoms with Crippen LogP contribution in [0.2, 0.25) is 0 Å². The molecule has 9 heteroatoms. The fourth-order valence-electron chi connectivity index (χ4n) is 2.26. The van der Waals surface area contributed by atoms with E-state index in [1.54, 1.807) is 11.3 Å². The van der Waals surface area contributed by atoms with Crippen LogP contribution in [-0.4, -0.2) is 39.8 Å². The number of aromatic nitrogens is 2. The standard InChI is InChI=1S/C13H15N5O3S/c19-10-2-1-9(16-12(21)17-10)11(20)14-4-3-8-7-18-5-6-22-13(18)15-8/h5-7,9H,1-4H2,(H,14,20)(H2,16,17,19,21)/t9-/m1/s1. The van der Waals surface area contributed by atoms with Gasteiger partial charge in [0.25, 0.3) is 0 Å². The van der Waals surface area contributed by atoms with Gasteiger partial charge in [-0.25, -0.2) is 9.78 Å². The van der Waals surface area contributed by atoms with Gasteiger partial charge in [-0.15, -0.1) is 11.3 Å². The Kier molecular flexibility index (Phi) is 4.05. The van der Waals surface area contributed by atoms with Crippen molar-refractivity contribution in [2.75, 3.05) is 6.54 Å². The summed E-state index contributed by atoms with van der Waals surface area (Å²) in [6.45, 7) is 0.428. The molecule has 2 aromatic rings. The minimum atomic E-state index is -0.683. The number of amides is 4. The summed E-state index contributed by atoms with van der Waals surface area (Å²) in [6, 6.07) is -1.31. The number of fused-ring (bicyclic) bond motifs is 1. The normalized spacial score (nSPS) is 18.6. The average molecular weight is 321 g/mol. The maximum absolute atomic E-state index is 12.0. The first-order chi connectivity index (χ1) is 10.6. The summed E-state index contributed by atoms with van der Waals surface area (Å²) in [5, 5.41) is 9.33. The van der Waals surface area contributed by atoms with Gasteiger partial charge in [0.1, 0.15) is 6.04 Å². The van der Waals surface area contributed by atoms with Crippen LogP contribution in [0.1, 0.15) is 18.5 Å². The minimum absolute atomic E-state index is 0.147. The third-order valence-corrected chi connectivity index (χ3v) is 4.13. The lowest BCUT2D eigenvalue weighted by molar-refractivity contribution is -0.123. The van der Waals surface area contributed by atoms with Gasteiger partial charge in [-0.2, -0.15) is 0 Å². The summed E-state index contributed by atoms with van der Waals surface area (Å²) in [7, 11) is 0. The lowest BCUT2D eigenvalue weighted by Crippen LogP contribution is -2.48. The zero-order chi connectivity index (χ0) is 15.5. The summed E-state index contributed by atoms with van der Waals surface area (Å²) in [4.78, 5) is 39.9. The van der Waals surface area contributed by atoms with Crippen LogP contribution in [0.5, 0.6) is 0 Å². The minimum Gasteiger partial charge on any atom is -0.354 e. The van der Waals surface area contributed by atoms with E-state index < -0.39 is 12.1 Å². The van der Waals surface area contributed by atoms with Gasteiger partial charge in [0, 0.05) is 37.2 Å². The predicted octanol–water partition coefficient (Wildman–Crippen LogP) is 0.0427. The molecule has 3 heterocycles. The number of hydrogen-bond acceptors (Lipinski definition) is 5. The van der Waals surface area contributed by atoms with Gasteiger partial charge in [-0.3, -0.25) is 19.3 Å². The zero-order valence-corrected chi connectivity index (χ0v) is 12.5. The van der Waals surface area contributed by atoms with Crippen molar-refractivity contribution in [1.82, 2.24) is 25.3 Å². The number of imide groups is 1. The van der Waals surface area contributed by atoms with Crippen LogP contribution in [0.3, 0.4) is 0 Å². The number of carbonyl (C=O) groups is 3. The first-order valence-corrected chi connectivity index (χ1v) is 7.79. The fourth-order valence-corrected chi connectivity index (χ4v) is 2.98. The summed E-state index contributed by atoms with van der Waals surface area (Å²) < 4.78 is 1.94. The molecule has 8 nitrogen and oxygen atoms in total. The summed E-state index contributed by atoms with van der Waals surface area (Å²) >= 11 is 1.55. The Balaban J connectivity index is 1.50. The Labute approximate surface area is 129 Å². The molecule has 3 rings (SSSR count). The van der Waals surface area contributed by atoms with E-state index in [4.69, 9.17) is 0 Å². The zero-order valence-electron chi connectivity index (χ0n) is 11.7. The van der Waals surface area contributed by atoms with Crippen molar-refractivity contribution in [2.45, 2.75) is 25.3 Å². The van der Waals surface area contributed by atoms with E-state index in [1.807, 2.05) is 22.2 Å². The SMILES string of the molecule is O=C1CC[C@H](C(=O)NCCc2cn3ccsc3n2)NC(=O)N1. The van der Waals surface area contributed by atoms with Crippen molar-refractivity contribution in [3.8, 4) is 0 Å². The molecule has 0 saturated carbocycles. The van der Waals surface area contributed by atoms with Crippen LogP contribution >= 0.6 is 11.3 Å². The van der Waals surface area contributed by atoms with Gasteiger partial charge in [0.05, 0.1) is 5.69 Å². The third kappa shape index (κ3) is 3.25. The molecule has 0 bridgehead atoms. The number of imidazole rings is 1. The van der Waals surface area contributed by atoms with Crippen LogP contribution in [0.4, 0.5) is 4.79 Å². The largest absolute Gasteiger partial charge is 0.354 e. The van der Waals surface area contributed by atoms with E-state index >= 15 is 0 Å². The number of carbonyl (C=O) groups excluding carboxylic acids is 3. The highest BCUT2D eigenvalue weighted by atomic mass is 32.1. The van der Waals surface area contributed by atoms with Gasteiger partial charge in [0.2, 0.25) is 11.8 Å². The molecule has 1 atom stereocenters. The molecule has 1 aliphatic heterocycles. The number of rotatable bonds is 4. The van der Waals surface area contributed by atoms with Gasteiger partial charge in [0.15, 0.2) is 4.96 Å². The van der Waals surface area contributed by atoms with Crippen molar-refractivity contribution in [3.05, 3.63) is 23.5 Å². The van der Waals surface area contributed by atoms with E-state index in [-0.39, 0.29) is 18.2 Å². The first kappa shape index (κ1) is 14.5. The van der Waals surface area contributed by atoms with E-state index in [9.17, 15) is 14.4 Å². The molecular formula is C13H15N5O3S. The van der Waals surface area contributed by atoms with Crippen LogP contribution in [0.25, 0.3) is 4.96 Å². The van der Waals surface area contributed by atoms with E-state index in [2.05, 4.69) is 20.9 Å². The predicted molar refractivity (Wildman–Crippen MR) is 79.5 cm³/mol. The van der Waals surface area contributed by atoms with Crippen molar-refractivity contribution >= 4 is 34.1 Å². The molecule has 0 aromatic carbocycles. The lowest BCUT2D eigenvalue weighted by Gasteiger charge is -2.14. The van der Waals surface area contributed by atoms with E-state index in [0.717, 1.165) is 10.7 Å². The Morgan fingerprint density at radius 2 is 2.36 bits per heavy atom. The second kappa shape index (κ2) is 6.14. The molecule has 3 N–H and O–H groups in total. The topological polar surface area (TPSA) is 105 Å². The molecule has 4 amide bonds. The Morgan fingerprint density at radius 3 is 3.18 bits per heavy atom. The average Bonchev–Trinajstić information content (AvgIpc) is 2.99. The maximum atomic E-state index is 12.0. The Bertz CT molecular complexity index is 694. The van der Waals surface area contributed by atoms with Crippen LogP contribution in [0, 0.1) is 0 Å². The second-order valence-electron chi connectivity index (χ2n) is 4.98. The quantitative estimate of drug-likeness (QED) is 0.739. The van der Waals surface area contributed by atoms with E-state index in [1.165, 1.54) is 0 Å². The van der Waals surface area contributed by atoms with Crippen molar-refractivity contribution in [3.63, 3.8) is 0 Å². The van der Waals surface area contributed by atoms with Gasteiger partial charge in [-0.05, 0) is 6.42 Å². The number of thiazole rings is 1. The van der Waals surface area contributed by atoms with Gasteiger partial charge in [-0.1, -0.05) is 0 Å². The summed E-state index contributed by atoms with van der Waals surface area (Å²) in [5.41, 5.74) is 0.897. The highest BCUT2D eigenvalue weighted by molar-refractivity contribution is 7.15. The first-order valence-electron chi connectivity index (χ1n) is 6.91. The third-order valence-electron chi connectivity index (χ3n) is 3.36. The number of urea groups is 1. The molecule has 0 spiro atoms. The molecule has 0 radical (unpaired) electrons. The lowest BCUT2D eigenvalue weighted by atomic mass is 10.1. The Hall–Kier alpha value is -2.42. The van der Waals surface area contributed by atoms with Crippen LogP contribution < -0.4 is 16.0 Å². The van der Waals surface area contributed by atoms with E-state index in [0.29, 0.717) is 19.4 Å². The van der Waals surface area contributed by atoms with Gasteiger partial charge >= 0.3 is 6.03 Å². The molecule has 1 saturated heterocycles. The molecular weight excluding hydrogens is 306 g/mol. The van der Waals surface area contributed by atoms with Crippen molar-refractivity contribution in [2.24, 2.45) is 0 Å². The molecule has 0 unspecified atom stereocenters. The van der Waals surface area contributed by atoms with Crippen molar-refractivity contribution < 1.29 is 14.4 Å². The summed E-state index contributed by atoms with van der Waals surface area (Å²) in [6.07, 6.45) is 4.91. The highest BCUT2D eigenvalue weighted by Crippen LogP contribution is 2.11. The molecule has 0 aliphatic carbocycles. The monoisotopic (exact) mass is 321 g/mol. The second-order valence-corrected chi connectivity index (χ2v) is 5.85. The smallest absolute Gasteiger partial charge is 0.322 e. The van der Waals surface area contributed by atoms with Crippen LogP contribution in [-0.2, 0) is 16.0 Å². The molecule has 116 valence electrons. The fraction of sp³-hybridized carbons (Fsp3) is 0.385. The number of nitrogens with one attached hydrogen (secondary N) is 3. The highest BCUT2D eigenvalue weighted by Gasteiger charge is 2.25. The Morgan fingerprint density at radius 1 is 1.50 bits per heavy atom. The number of hydrogen-bond donors (Lipinski definition) is 3. The number of nitrogens with zero attached hydrogens (tertiary/aromatic N) is 2. The summed E-state index contributed by atoms with van der Waals surface area (Å²) in [5.74, 6) is -0.656. The molecule has 1 fully saturated rings. The van der Waals surface area contributed by atoms with Crippen LogP contribution in [0.15, 0.2) is 17.8 Å². The van der Waals surface area contributed by atoms with Gasteiger partial charge < -0.3 is 10.6 Å².